The first-order chi connectivity index (χ1) is 14.5. The highest BCUT2D eigenvalue weighted by molar-refractivity contribution is 5.78. The highest BCUT2D eigenvalue weighted by atomic mass is 16.7. The van der Waals surface area contributed by atoms with Gasteiger partial charge in [-0.25, -0.2) is 0 Å². The van der Waals surface area contributed by atoms with Crippen molar-refractivity contribution >= 4 is 11.9 Å². The molecule has 0 amide bonds. The van der Waals surface area contributed by atoms with Gasteiger partial charge in [-0.2, -0.15) is 0 Å². The van der Waals surface area contributed by atoms with E-state index in [4.69, 9.17) is 18.9 Å². The Morgan fingerprint density at radius 2 is 1.84 bits per heavy atom. The van der Waals surface area contributed by atoms with Crippen LogP contribution in [0.25, 0.3) is 0 Å². The molecule has 0 aliphatic carbocycles. The predicted molar refractivity (Wildman–Crippen MR) is 119 cm³/mol. The molecular weight excluding hydrogens is 396 g/mol. The lowest BCUT2D eigenvalue weighted by molar-refractivity contribution is -0.183. The molecule has 1 fully saturated rings. The van der Waals surface area contributed by atoms with Crippen molar-refractivity contribution in [3.05, 3.63) is 29.8 Å². The van der Waals surface area contributed by atoms with Crippen molar-refractivity contribution < 1.29 is 28.5 Å². The molecule has 174 valence electrons. The fourth-order valence-corrected chi connectivity index (χ4v) is 3.90. The second kappa shape index (κ2) is 10.5. The molecule has 0 N–H and O–H groups in total. The summed E-state index contributed by atoms with van der Waals surface area (Å²) in [6.07, 6.45) is 1.72. The summed E-state index contributed by atoms with van der Waals surface area (Å²) in [5.74, 6) is 0.334. The van der Waals surface area contributed by atoms with E-state index in [9.17, 15) is 9.59 Å². The fourth-order valence-electron chi connectivity index (χ4n) is 3.90. The maximum absolute atomic E-state index is 13.1. The molecule has 1 heterocycles. The Balaban J connectivity index is 2.01. The first-order valence-electron chi connectivity index (χ1n) is 11.3. The normalized spacial score (nSPS) is 22.9. The van der Waals surface area contributed by atoms with Crippen LogP contribution in [0, 0.1) is 5.41 Å². The zero-order valence-corrected chi connectivity index (χ0v) is 20.0. The molecule has 1 aliphatic rings. The summed E-state index contributed by atoms with van der Waals surface area (Å²) in [6, 6.07) is 7.93. The summed E-state index contributed by atoms with van der Waals surface area (Å²) in [5.41, 5.74) is -0.303. The molecular formula is C25H38O6. The van der Waals surface area contributed by atoms with Gasteiger partial charge in [-0.15, -0.1) is 0 Å². The van der Waals surface area contributed by atoms with E-state index in [2.05, 4.69) is 6.92 Å². The number of carbonyl (C=O) groups is 2. The number of rotatable bonds is 10. The number of carbonyl (C=O) groups excluding carboxylic acids is 2. The quantitative estimate of drug-likeness (QED) is 0.363. The Hall–Kier alpha value is -2.08. The Labute approximate surface area is 186 Å². The van der Waals surface area contributed by atoms with Crippen LogP contribution in [-0.4, -0.2) is 36.5 Å². The summed E-state index contributed by atoms with van der Waals surface area (Å²) in [4.78, 5) is 24.8. The lowest BCUT2D eigenvalue weighted by atomic mass is 9.77. The molecule has 4 atom stereocenters. The van der Waals surface area contributed by atoms with Crippen molar-refractivity contribution in [3.63, 3.8) is 0 Å². The van der Waals surface area contributed by atoms with Gasteiger partial charge in [-0.05, 0) is 71.1 Å². The summed E-state index contributed by atoms with van der Waals surface area (Å²) in [7, 11) is 0. The molecule has 1 saturated heterocycles. The van der Waals surface area contributed by atoms with Crippen LogP contribution in [0.1, 0.15) is 85.6 Å². The first kappa shape index (κ1) is 25.2. The SMILES string of the molecule is CCC(C)(CC(C)c1ccc(OC(C)OC(C)C)cc1)C(=O)OC1(C)CCOC(=O)C1. The van der Waals surface area contributed by atoms with Crippen molar-refractivity contribution in [1.29, 1.82) is 0 Å². The Morgan fingerprint density at radius 1 is 1.19 bits per heavy atom. The third-order valence-electron chi connectivity index (χ3n) is 6.00. The van der Waals surface area contributed by atoms with Gasteiger partial charge in [-0.1, -0.05) is 26.0 Å². The zero-order chi connectivity index (χ0) is 23.2. The number of hydrogen-bond acceptors (Lipinski definition) is 6. The maximum atomic E-state index is 13.1. The molecule has 0 aromatic heterocycles. The average molecular weight is 435 g/mol. The van der Waals surface area contributed by atoms with Crippen LogP contribution >= 0.6 is 0 Å². The van der Waals surface area contributed by atoms with E-state index in [0.717, 1.165) is 11.3 Å². The van der Waals surface area contributed by atoms with E-state index in [1.807, 2.05) is 65.8 Å². The Morgan fingerprint density at radius 3 is 2.39 bits per heavy atom. The molecule has 0 spiro atoms. The van der Waals surface area contributed by atoms with E-state index in [1.165, 1.54) is 0 Å². The van der Waals surface area contributed by atoms with E-state index in [-0.39, 0.29) is 43.3 Å². The van der Waals surface area contributed by atoms with Crippen LogP contribution in [-0.2, 0) is 23.8 Å². The number of hydrogen-bond donors (Lipinski definition) is 0. The first-order valence-corrected chi connectivity index (χ1v) is 11.3. The van der Waals surface area contributed by atoms with E-state index in [0.29, 0.717) is 19.3 Å². The molecule has 1 aromatic carbocycles. The summed E-state index contributed by atoms with van der Waals surface area (Å²) in [5, 5.41) is 0. The molecule has 1 aromatic rings. The van der Waals surface area contributed by atoms with Crippen molar-refractivity contribution in [2.24, 2.45) is 5.41 Å². The average Bonchev–Trinajstić information content (AvgIpc) is 2.67. The van der Waals surface area contributed by atoms with Gasteiger partial charge < -0.3 is 18.9 Å². The minimum Gasteiger partial charge on any atom is -0.465 e. The molecule has 6 nitrogen and oxygen atoms in total. The summed E-state index contributed by atoms with van der Waals surface area (Å²) >= 11 is 0. The molecule has 2 rings (SSSR count). The zero-order valence-electron chi connectivity index (χ0n) is 20.0. The topological polar surface area (TPSA) is 71.1 Å². The van der Waals surface area contributed by atoms with Crippen LogP contribution in [0.3, 0.4) is 0 Å². The number of benzene rings is 1. The smallest absolute Gasteiger partial charge is 0.312 e. The van der Waals surface area contributed by atoms with Crippen molar-refractivity contribution in [1.82, 2.24) is 0 Å². The largest absolute Gasteiger partial charge is 0.465 e. The monoisotopic (exact) mass is 434 g/mol. The summed E-state index contributed by atoms with van der Waals surface area (Å²) in [6.45, 7) is 14.0. The van der Waals surface area contributed by atoms with Crippen LogP contribution < -0.4 is 4.74 Å². The predicted octanol–water partition coefficient (Wildman–Crippen LogP) is 5.39. The molecule has 31 heavy (non-hydrogen) atoms. The van der Waals surface area contributed by atoms with Gasteiger partial charge >= 0.3 is 11.9 Å². The lowest BCUT2D eigenvalue weighted by Crippen LogP contribution is -2.44. The lowest BCUT2D eigenvalue weighted by Gasteiger charge is -2.37. The Bertz CT molecular complexity index is 743. The van der Waals surface area contributed by atoms with E-state index < -0.39 is 11.0 Å². The molecule has 0 bridgehead atoms. The molecule has 0 radical (unpaired) electrons. The second-order valence-corrected chi connectivity index (χ2v) is 9.45. The van der Waals surface area contributed by atoms with Crippen LogP contribution in [0.15, 0.2) is 24.3 Å². The van der Waals surface area contributed by atoms with Gasteiger partial charge in [0.2, 0.25) is 0 Å². The van der Waals surface area contributed by atoms with Crippen molar-refractivity contribution in [2.45, 2.75) is 98.1 Å². The van der Waals surface area contributed by atoms with Crippen LogP contribution in [0.4, 0.5) is 0 Å². The minimum atomic E-state index is -0.792. The second-order valence-electron chi connectivity index (χ2n) is 9.45. The maximum Gasteiger partial charge on any atom is 0.312 e. The van der Waals surface area contributed by atoms with Gasteiger partial charge in [0.05, 0.1) is 24.5 Å². The van der Waals surface area contributed by atoms with Crippen molar-refractivity contribution in [3.8, 4) is 5.75 Å². The van der Waals surface area contributed by atoms with Gasteiger partial charge in [0.25, 0.3) is 0 Å². The van der Waals surface area contributed by atoms with Gasteiger partial charge in [0.1, 0.15) is 11.4 Å². The third kappa shape index (κ3) is 7.23. The van der Waals surface area contributed by atoms with Crippen molar-refractivity contribution in [2.75, 3.05) is 6.61 Å². The number of ether oxygens (including phenoxy) is 4. The van der Waals surface area contributed by atoms with Gasteiger partial charge in [0.15, 0.2) is 6.29 Å². The molecule has 4 unspecified atom stereocenters. The highest BCUT2D eigenvalue weighted by Crippen LogP contribution is 2.38. The van der Waals surface area contributed by atoms with E-state index in [1.54, 1.807) is 0 Å². The standard InChI is InChI=1S/C25H38O6/c1-8-24(6,23(27)31-25(7)13-14-28-22(26)16-25)15-18(4)20-9-11-21(12-10-20)30-19(5)29-17(2)3/h9-12,17-19H,8,13-16H2,1-7H3. The highest BCUT2D eigenvalue weighted by Gasteiger charge is 2.42. The number of cyclic esters (lactones) is 1. The van der Waals surface area contributed by atoms with Crippen LogP contribution in [0.5, 0.6) is 5.75 Å². The van der Waals surface area contributed by atoms with Gasteiger partial charge in [0, 0.05) is 6.42 Å². The third-order valence-corrected chi connectivity index (χ3v) is 6.00. The Kier molecular flexibility index (Phi) is 8.52. The number of esters is 2. The summed E-state index contributed by atoms with van der Waals surface area (Å²) < 4.78 is 22.3. The van der Waals surface area contributed by atoms with E-state index >= 15 is 0 Å². The minimum absolute atomic E-state index is 0.0993. The molecule has 6 heteroatoms. The molecule has 1 aliphatic heterocycles. The van der Waals surface area contributed by atoms with Crippen LogP contribution in [0.2, 0.25) is 0 Å². The fraction of sp³-hybridized carbons (Fsp3) is 0.680. The molecule has 0 saturated carbocycles. The van der Waals surface area contributed by atoms with Gasteiger partial charge in [-0.3, -0.25) is 9.59 Å².